The van der Waals surface area contributed by atoms with E-state index in [1.165, 1.54) is 5.56 Å². The maximum absolute atomic E-state index is 6.72. The first kappa shape index (κ1) is 19.6. The van der Waals surface area contributed by atoms with Crippen molar-refractivity contribution in [2.45, 2.75) is 38.5 Å². The molecule has 2 rings (SSSR count). The molecule has 0 spiro atoms. The van der Waals surface area contributed by atoms with Gasteiger partial charge in [-0.05, 0) is 74.2 Å². The van der Waals surface area contributed by atoms with Crippen LogP contribution < -0.4 is 5.32 Å². The molecule has 2 aromatic rings. The Kier molecular flexibility index (Phi) is 6.03. The number of nitrogens with one attached hydrogen (secondary N) is 1. The van der Waals surface area contributed by atoms with Crippen LogP contribution in [0.2, 0.25) is 5.02 Å². The van der Waals surface area contributed by atoms with E-state index in [4.69, 9.17) is 23.2 Å². The van der Waals surface area contributed by atoms with Crippen LogP contribution in [0.1, 0.15) is 42.0 Å². The van der Waals surface area contributed by atoms with Crippen molar-refractivity contribution in [3.8, 4) is 0 Å². The second kappa shape index (κ2) is 7.68. The van der Waals surface area contributed by atoms with Gasteiger partial charge in [0.2, 0.25) is 0 Å². The van der Waals surface area contributed by atoms with Crippen LogP contribution in [0, 0.1) is 13.8 Å². The molecule has 0 radical (unpaired) electrons. The molecule has 2 aromatic carbocycles. The van der Waals surface area contributed by atoms with Gasteiger partial charge in [0.05, 0.1) is 4.87 Å². The fourth-order valence-electron chi connectivity index (χ4n) is 3.14. The molecule has 1 N–H and O–H groups in total. The van der Waals surface area contributed by atoms with Crippen molar-refractivity contribution in [3.05, 3.63) is 82.5 Å². The number of allylic oxidation sites excluding steroid dienone is 1. The first-order valence-corrected chi connectivity index (χ1v) is 9.02. The monoisotopic (exact) mass is 373 g/mol. The summed E-state index contributed by atoms with van der Waals surface area (Å²) in [5, 5.41) is 4.12. The summed E-state index contributed by atoms with van der Waals surface area (Å²) in [6, 6.07) is 12.2. The van der Waals surface area contributed by atoms with Gasteiger partial charge in [-0.2, -0.15) is 0 Å². The summed E-state index contributed by atoms with van der Waals surface area (Å²) in [6.07, 6.45) is 1.85. The van der Waals surface area contributed by atoms with Gasteiger partial charge in [-0.25, -0.2) is 0 Å². The minimum absolute atomic E-state index is 0.0972. The summed E-state index contributed by atoms with van der Waals surface area (Å²) in [5.41, 5.74) is 6.24. The summed E-state index contributed by atoms with van der Waals surface area (Å²) >= 11 is 13.0. The largest absolute Gasteiger partial charge is 0.359 e. The van der Waals surface area contributed by atoms with E-state index in [1.807, 2.05) is 45.0 Å². The molecule has 1 nitrogen and oxygen atoms in total. The standard InChI is InChI=1S/C22H25Cl2N/c1-7-17-13-20(9-8-15(17)3)25-16(4)21(22(5,6)24)18-10-14(2)11-19(23)12-18/h7-13,21,25H,1,4H2,2-3,5-6H3. The lowest BCUT2D eigenvalue weighted by Gasteiger charge is -2.32. The fraction of sp³-hybridized carbons (Fsp3) is 0.273. The second-order valence-corrected chi connectivity index (χ2v) is 8.40. The maximum Gasteiger partial charge on any atom is 0.0513 e. The minimum atomic E-state index is -0.521. The summed E-state index contributed by atoms with van der Waals surface area (Å²) in [7, 11) is 0. The molecule has 0 aliphatic rings. The van der Waals surface area contributed by atoms with Gasteiger partial charge in [0.15, 0.2) is 0 Å². The maximum atomic E-state index is 6.72. The van der Waals surface area contributed by atoms with Gasteiger partial charge >= 0.3 is 0 Å². The van der Waals surface area contributed by atoms with E-state index in [2.05, 4.69) is 43.6 Å². The number of halogens is 2. The Hall–Kier alpha value is -1.70. The van der Waals surface area contributed by atoms with E-state index in [-0.39, 0.29) is 5.92 Å². The first-order chi connectivity index (χ1) is 11.6. The highest BCUT2D eigenvalue weighted by atomic mass is 35.5. The van der Waals surface area contributed by atoms with Crippen LogP contribution in [-0.2, 0) is 0 Å². The molecule has 0 fully saturated rings. The molecule has 0 saturated heterocycles. The fourth-order valence-corrected chi connectivity index (χ4v) is 3.69. The molecule has 0 aromatic heterocycles. The third-order valence-corrected chi connectivity index (χ3v) is 4.67. The molecular formula is C22H25Cl2N. The quantitative estimate of drug-likeness (QED) is 0.522. The number of aryl methyl sites for hydroxylation is 2. The van der Waals surface area contributed by atoms with Crippen LogP contribution in [0.15, 0.2) is 55.3 Å². The predicted octanol–water partition coefficient (Wildman–Crippen LogP) is 7.33. The molecule has 3 heteroatoms. The van der Waals surface area contributed by atoms with Gasteiger partial charge in [0.25, 0.3) is 0 Å². The first-order valence-electron chi connectivity index (χ1n) is 8.26. The second-order valence-electron chi connectivity index (χ2n) is 6.99. The molecule has 0 aliphatic carbocycles. The molecule has 1 atom stereocenters. The van der Waals surface area contributed by atoms with Crippen LogP contribution in [0.5, 0.6) is 0 Å². The number of hydrogen-bond donors (Lipinski definition) is 1. The van der Waals surface area contributed by atoms with Crippen LogP contribution in [-0.4, -0.2) is 4.87 Å². The number of alkyl halides is 1. The topological polar surface area (TPSA) is 12.0 Å². The zero-order valence-electron chi connectivity index (χ0n) is 15.3. The van der Waals surface area contributed by atoms with Gasteiger partial charge in [-0.15, -0.1) is 11.6 Å². The molecule has 0 amide bonds. The third kappa shape index (κ3) is 4.90. The molecule has 0 saturated carbocycles. The normalized spacial score (nSPS) is 12.6. The highest BCUT2D eigenvalue weighted by Crippen LogP contribution is 2.40. The number of rotatable bonds is 6. The van der Waals surface area contributed by atoms with Crippen LogP contribution >= 0.6 is 23.2 Å². The lowest BCUT2D eigenvalue weighted by Crippen LogP contribution is -2.27. The van der Waals surface area contributed by atoms with E-state index in [1.54, 1.807) is 0 Å². The van der Waals surface area contributed by atoms with Crippen molar-refractivity contribution in [1.82, 2.24) is 0 Å². The van der Waals surface area contributed by atoms with Crippen molar-refractivity contribution in [3.63, 3.8) is 0 Å². The predicted molar refractivity (Wildman–Crippen MR) is 113 cm³/mol. The molecule has 1 unspecified atom stereocenters. The summed E-state index contributed by atoms with van der Waals surface area (Å²) in [6.45, 7) is 16.2. The minimum Gasteiger partial charge on any atom is -0.359 e. The third-order valence-electron chi connectivity index (χ3n) is 4.24. The average molecular weight is 374 g/mol. The SMILES string of the molecule is C=Cc1cc(NC(=C)C(c2cc(C)cc(Cl)c2)C(C)(C)Cl)ccc1C. The summed E-state index contributed by atoms with van der Waals surface area (Å²) < 4.78 is 0. The zero-order chi connectivity index (χ0) is 18.8. The van der Waals surface area contributed by atoms with Crippen molar-refractivity contribution >= 4 is 35.0 Å². The van der Waals surface area contributed by atoms with Gasteiger partial charge in [0, 0.05) is 22.3 Å². The number of benzene rings is 2. The van der Waals surface area contributed by atoms with Crippen molar-refractivity contribution in [2.24, 2.45) is 0 Å². The smallest absolute Gasteiger partial charge is 0.0513 e. The summed E-state index contributed by atoms with van der Waals surface area (Å²) in [5.74, 6) is -0.0972. The van der Waals surface area contributed by atoms with Gasteiger partial charge in [-0.3, -0.25) is 0 Å². The van der Waals surface area contributed by atoms with E-state index in [0.29, 0.717) is 5.02 Å². The van der Waals surface area contributed by atoms with Crippen molar-refractivity contribution in [2.75, 3.05) is 5.32 Å². The Bertz CT molecular complexity index is 780. The Morgan fingerprint density at radius 2 is 1.84 bits per heavy atom. The lowest BCUT2D eigenvalue weighted by molar-refractivity contribution is 0.599. The Balaban J connectivity index is 2.38. The van der Waals surface area contributed by atoms with Crippen molar-refractivity contribution in [1.29, 1.82) is 0 Å². The summed E-state index contributed by atoms with van der Waals surface area (Å²) in [4.78, 5) is -0.521. The van der Waals surface area contributed by atoms with Crippen LogP contribution in [0.25, 0.3) is 6.08 Å². The molecular weight excluding hydrogens is 349 g/mol. The lowest BCUT2D eigenvalue weighted by atomic mass is 9.84. The Labute approximate surface area is 161 Å². The zero-order valence-corrected chi connectivity index (χ0v) is 16.8. The number of hydrogen-bond acceptors (Lipinski definition) is 1. The van der Waals surface area contributed by atoms with Crippen LogP contribution in [0.3, 0.4) is 0 Å². The Morgan fingerprint density at radius 1 is 1.16 bits per heavy atom. The molecule has 25 heavy (non-hydrogen) atoms. The van der Waals surface area contributed by atoms with E-state index in [9.17, 15) is 0 Å². The highest BCUT2D eigenvalue weighted by molar-refractivity contribution is 6.30. The Morgan fingerprint density at radius 3 is 2.40 bits per heavy atom. The van der Waals surface area contributed by atoms with Crippen LogP contribution in [0.4, 0.5) is 5.69 Å². The van der Waals surface area contributed by atoms with E-state index < -0.39 is 4.87 Å². The average Bonchev–Trinajstić information content (AvgIpc) is 2.46. The van der Waals surface area contributed by atoms with E-state index >= 15 is 0 Å². The molecule has 0 bridgehead atoms. The van der Waals surface area contributed by atoms with Gasteiger partial charge < -0.3 is 5.32 Å². The number of anilines is 1. The van der Waals surface area contributed by atoms with Gasteiger partial charge in [-0.1, -0.05) is 43.0 Å². The van der Waals surface area contributed by atoms with Crippen molar-refractivity contribution < 1.29 is 0 Å². The molecule has 132 valence electrons. The highest BCUT2D eigenvalue weighted by Gasteiger charge is 2.31. The molecule has 0 heterocycles. The van der Waals surface area contributed by atoms with E-state index in [0.717, 1.165) is 28.1 Å². The van der Waals surface area contributed by atoms with Gasteiger partial charge in [0.1, 0.15) is 0 Å². The molecule has 0 aliphatic heterocycles.